The van der Waals surface area contributed by atoms with Crippen LogP contribution >= 0.6 is 0 Å². The van der Waals surface area contributed by atoms with Crippen LogP contribution in [0.4, 0.5) is 22.0 Å². The van der Waals surface area contributed by atoms with Gasteiger partial charge >= 0.3 is 6.18 Å². The lowest BCUT2D eigenvalue weighted by molar-refractivity contribution is -0.189. The third-order valence-corrected chi connectivity index (χ3v) is 3.39. The summed E-state index contributed by atoms with van der Waals surface area (Å²) >= 11 is 0. The van der Waals surface area contributed by atoms with Crippen molar-refractivity contribution in [1.29, 1.82) is 0 Å². The molecule has 1 aromatic rings. The van der Waals surface area contributed by atoms with Gasteiger partial charge in [0.25, 0.3) is 0 Å². The van der Waals surface area contributed by atoms with Crippen molar-refractivity contribution in [2.24, 2.45) is 0 Å². The summed E-state index contributed by atoms with van der Waals surface area (Å²) in [5, 5.41) is 2.90. The third-order valence-electron chi connectivity index (χ3n) is 3.39. The molecule has 3 nitrogen and oxygen atoms in total. The van der Waals surface area contributed by atoms with Crippen LogP contribution < -0.4 is 10.1 Å². The van der Waals surface area contributed by atoms with Crippen LogP contribution in [0.25, 0.3) is 0 Å². The van der Waals surface area contributed by atoms with Crippen LogP contribution in [0.1, 0.15) is 11.6 Å². The van der Waals surface area contributed by atoms with E-state index in [4.69, 9.17) is 0 Å². The molecule has 118 valence electrons. The van der Waals surface area contributed by atoms with Gasteiger partial charge in [-0.05, 0) is 0 Å². The molecule has 0 amide bonds. The van der Waals surface area contributed by atoms with Crippen molar-refractivity contribution >= 4 is 0 Å². The van der Waals surface area contributed by atoms with Gasteiger partial charge in [0.1, 0.15) is 23.4 Å². The fourth-order valence-corrected chi connectivity index (χ4v) is 2.43. The Hall–Kier alpha value is -1.41. The van der Waals surface area contributed by atoms with Crippen LogP contribution in [0.3, 0.4) is 0 Å². The topological polar surface area (TPSA) is 24.5 Å². The van der Waals surface area contributed by atoms with Gasteiger partial charge in [-0.3, -0.25) is 4.90 Å². The van der Waals surface area contributed by atoms with Crippen LogP contribution in [-0.4, -0.2) is 44.4 Å². The number of methoxy groups -OCH3 is 1. The summed E-state index contributed by atoms with van der Waals surface area (Å²) in [7, 11) is 1.19. The number of ether oxygens (including phenoxy) is 1. The standard InChI is InChI=1S/C13H15F5N2O/c1-21-8-6-9(14)11(10(15)7-8)12(13(16,17)18)20-4-2-19-3-5-20/h6-7,12,19H,2-5H2,1H3/t12-/m1/s1. The Morgan fingerprint density at radius 2 is 1.67 bits per heavy atom. The number of alkyl halides is 3. The van der Waals surface area contributed by atoms with E-state index in [0.717, 1.165) is 17.0 Å². The van der Waals surface area contributed by atoms with E-state index in [2.05, 4.69) is 10.1 Å². The maximum absolute atomic E-state index is 14.0. The van der Waals surface area contributed by atoms with E-state index >= 15 is 0 Å². The molecule has 1 N–H and O–H groups in total. The van der Waals surface area contributed by atoms with Crippen LogP contribution in [-0.2, 0) is 0 Å². The van der Waals surface area contributed by atoms with Gasteiger partial charge in [0.2, 0.25) is 0 Å². The Morgan fingerprint density at radius 3 is 2.10 bits per heavy atom. The molecule has 0 unspecified atom stereocenters. The summed E-state index contributed by atoms with van der Waals surface area (Å²) < 4.78 is 72.5. The normalized spacial score (nSPS) is 18.6. The Labute approximate surface area is 118 Å². The summed E-state index contributed by atoms with van der Waals surface area (Å²) in [6.45, 7) is 0.808. The largest absolute Gasteiger partial charge is 0.497 e. The number of benzene rings is 1. The molecule has 2 rings (SSSR count). The van der Waals surface area contributed by atoms with Crippen LogP contribution in [0.15, 0.2) is 12.1 Å². The first-order valence-corrected chi connectivity index (χ1v) is 6.39. The molecule has 1 fully saturated rings. The summed E-state index contributed by atoms with van der Waals surface area (Å²) in [6, 6.07) is -0.774. The molecule has 1 heterocycles. The second kappa shape index (κ2) is 6.15. The van der Waals surface area contributed by atoms with Gasteiger partial charge < -0.3 is 10.1 Å². The second-order valence-corrected chi connectivity index (χ2v) is 4.73. The maximum atomic E-state index is 14.0. The molecule has 0 saturated carbocycles. The number of rotatable bonds is 3. The molecular formula is C13H15F5N2O. The van der Waals surface area contributed by atoms with Gasteiger partial charge in [0.15, 0.2) is 0 Å². The van der Waals surface area contributed by atoms with Gasteiger partial charge in [0, 0.05) is 38.3 Å². The fourth-order valence-electron chi connectivity index (χ4n) is 2.43. The zero-order chi connectivity index (χ0) is 15.6. The minimum Gasteiger partial charge on any atom is -0.497 e. The van der Waals surface area contributed by atoms with E-state index in [0.29, 0.717) is 13.1 Å². The average molecular weight is 310 g/mol. The summed E-state index contributed by atoms with van der Waals surface area (Å²) in [5.74, 6) is -2.67. The van der Waals surface area contributed by atoms with Gasteiger partial charge in [0.05, 0.1) is 12.7 Å². The quantitative estimate of drug-likeness (QED) is 0.868. The first-order valence-electron chi connectivity index (χ1n) is 6.39. The van der Waals surface area contributed by atoms with Gasteiger partial charge in [-0.2, -0.15) is 13.2 Å². The highest BCUT2D eigenvalue weighted by atomic mass is 19.4. The van der Waals surface area contributed by atoms with Crippen LogP contribution in [0.2, 0.25) is 0 Å². The summed E-state index contributed by atoms with van der Waals surface area (Å²) in [5.41, 5.74) is -0.981. The molecule has 1 aliphatic heterocycles. The predicted octanol–water partition coefficient (Wildman–Crippen LogP) is 2.48. The van der Waals surface area contributed by atoms with Crippen molar-refractivity contribution in [3.63, 3.8) is 0 Å². The monoisotopic (exact) mass is 310 g/mol. The maximum Gasteiger partial charge on any atom is 0.408 e. The Balaban J connectivity index is 2.46. The molecule has 1 saturated heterocycles. The smallest absolute Gasteiger partial charge is 0.408 e. The number of nitrogens with zero attached hydrogens (tertiary/aromatic N) is 1. The van der Waals surface area contributed by atoms with Crippen LogP contribution in [0.5, 0.6) is 5.75 Å². The highest BCUT2D eigenvalue weighted by Gasteiger charge is 2.47. The van der Waals surface area contributed by atoms with Gasteiger partial charge in [-0.25, -0.2) is 8.78 Å². The van der Waals surface area contributed by atoms with Gasteiger partial charge in [-0.15, -0.1) is 0 Å². The average Bonchev–Trinajstić information content (AvgIpc) is 2.42. The Morgan fingerprint density at radius 1 is 1.14 bits per heavy atom. The number of piperazine rings is 1. The lowest BCUT2D eigenvalue weighted by Gasteiger charge is -2.36. The summed E-state index contributed by atoms with van der Waals surface area (Å²) in [4.78, 5) is 1.03. The molecule has 0 radical (unpaired) electrons. The zero-order valence-corrected chi connectivity index (χ0v) is 11.3. The molecule has 0 aromatic heterocycles. The Kier molecular flexibility index (Phi) is 4.67. The molecule has 1 atom stereocenters. The highest BCUT2D eigenvalue weighted by molar-refractivity contribution is 5.33. The van der Waals surface area contributed by atoms with Crippen molar-refractivity contribution in [3.8, 4) is 5.75 Å². The molecule has 21 heavy (non-hydrogen) atoms. The van der Waals surface area contributed by atoms with Gasteiger partial charge in [-0.1, -0.05) is 0 Å². The lowest BCUT2D eigenvalue weighted by Crippen LogP contribution is -2.49. The molecule has 1 aromatic carbocycles. The SMILES string of the molecule is COc1cc(F)c([C@@H](N2CCNCC2)C(F)(F)F)c(F)c1. The minimum atomic E-state index is -4.77. The number of hydrogen-bond donors (Lipinski definition) is 1. The molecule has 0 bridgehead atoms. The van der Waals surface area contributed by atoms with Crippen molar-refractivity contribution in [2.45, 2.75) is 12.2 Å². The van der Waals surface area contributed by atoms with E-state index in [1.54, 1.807) is 0 Å². The van der Waals surface area contributed by atoms with Crippen molar-refractivity contribution in [2.75, 3.05) is 33.3 Å². The molecule has 0 spiro atoms. The summed E-state index contributed by atoms with van der Waals surface area (Å²) in [6.07, 6.45) is -4.77. The van der Waals surface area contributed by atoms with Crippen molar-refractivity contribution < 1.29 is 26.7 Å². The highest BCUT2D eigenvalue weighted by Crippen LogP contribution is 2.40. The number of hydrogen-bond acceptors (Lipinski definition) is 3. The molecule has 1 aliphatic rings. The minimum absolute atomic E-state index is 0.0646. The second-order valence-electron chi connectivity index (χ2n) is 4.73. The number of nitrogens with one attached hydrogen (secondary N) is 1. The zero-order valence-electron chi connectivity index (χ0n) is 11.3. The Bertz CT molecular complexity index is 477. The lowest BCUT2D eigenvalue weighted by atomic mass is 10.0. The predicted molar refractivity (Wildman–Crippen MR) is 66.1 cm³/mol. The van der Waals surface area contributed by atoms with E-state index in [-0.39, 0.29) is 18.8 Å². The van der Waals surface area contributed by atoms with Crippen molar-refractivity contribution in [3.05, 3.63) is 29.3 Å². The van der Waals surface area contributed by atoms with Crippen LogP contribution in [0, 0.1) is 11.6 Å². The molecular weight excluding hydrogens is 295 g/mol. The van der Waals surface area contributed by atoms with E-state index in [9.17, 15) is 22.0 Å². The third kappa shape index (κ3) is 3.44. The molecule has 0 aliphatic carbocycles. The first-order chi connectivity index (χ1) is 9.84. The first kappa shape index (κ1) is 16.0. The fraction of sp³-hybridized carbons (Fsp3) is 0.538. The molecule has 8 heteroatoms. The number of halogens is 5. The van der Waals surface area contributed by atoms with E-state index in [1.165, 1.54) is 7.11 Å². The van der Waals surface area contributed by atoms with Crippen molar-refractivity contribution in [1.82, 2.24) is 10.2 Å². The van der Waals surface area contributed by atoms with E-state index in [1.807, 2.05) is 0 Å². The van der Waals surface area contributed by atoms with E-state index < -0.39 is 29.4 Å².